The second kappa shape index (κ2) is 8.30. The van der Waals surface area contributed by atoms with Crippen molar-refractivity contribution in [3.63, 3.8) is 0 Å². The maximum atomic E-state index is 11.9. The molecule has 2 aromatic rings. The fourth-order valence-corrected chi connectivity index (χ4v) is 2.12. The largest absolute Gasteiger partial charge is 0.465 e. The monoisotopic (exact) mass is 361 g/mol. The zero-order valence-electron chi connectivity index (χ0n) is 13.7. The van der Waals surface area contributed by atoms with E-state index in [4.69, 9.17) is 16.3 Å². The topological polar surface area (TPSA) is 81.7 Å². The quantitative estimate of drug-likeness (QED) is 0.827. The molecule has 0 aliphatic rings. The summed E-state index contributed by atoms with van der Waals surface area (Å²) < 4.78 is 9.51. The number of aryl methyl sites for hydroxylation is 1. The predicted octanol–water partition coefficient (Wildman–Crippen LogP) is 3.23. The van der Waals surface area contributed by atoms with Crippen LogP contribution in [0.2, 0.25) is 5.02 Å². The molecule has 0 saturated heterocycles. The highest BCUT2D eigenvalue weighted by atomic mass is 35.5. The smallest absolute Gasteiger partial charge is 0.338 e. The lowest BCUT2D eigenvalue weighted by Crippen LogP contribution is -2.21. The van der Waals surface area contributed by atoms with Crippen molar-refractivity contribution in [1.82, 2.24) is 0 Å². The molecule has 1 amide bonds. The highest BCUT2D eigenvalue weighted by molar-refractivity contribution is 6.31. The van der Waals surface area contributed by atoms with Crippen molar-refractivity contribution in [1.29, 1.82) is 0 Å². The van der Waals surface area contributed by atoms with Gasteiger partial charge in [0.2, 0.25) is 0 Å². The van der Waals surface area contributed by atoms with Gasteiger partial charge in [-0.3, -0.25) is 4.79 Å². The Morgan fingerprint density at radius 2 is 1.60 bits per heavy atom. The summed E-state index contributed by atoms with van der Waals surface area (Å²) in [6.07, 6.45) is 0. The number of rotatable bonds is 5. The molecule has 0 atom stereocenters. The van der Waals surface area contributed by atoms with E-state index in [2.05, 4.69) is 10.1 Å². The highest BCUT2D eigenvalue weighted by Crippen LogP contribution is 2.19. The van der Waals surface area contributed by atoms with Gasteiger partial charge < -0.3 is 14.8 Å². The first-order valence-corrected chi connectivity index (χ1v) is 7.70. The van der Waals surface area contributed by atoms with Crippen molar-refractivity contribution in [2.75, 3.05) is 19.0 Å². The van der Waals surface area contributed by atoms with E-state index in [0.29, 0.717) is 16.3 Å². The van der Waals surface area contributed by atoms with E-state index in [1.54, 1.807) is 18.2 Å². The number of anilines is 1. The lowest BCUT2D eigenvalue weighted by atomic mass is 10.1. The predicted molar refractivity (Wildman–Crippen MR) is 92.9 cm³/mol. The van der Waals surface area contributed by atoms with E-state index in [0.717, 1.165) is 5.56 Å². The maximum Gasteiger partial charge on any atom is 0.338 e. The zero-order valence-corrected chi connectivity index (χ0v) is 14.4. The molecule has 0 saturated carbocycles. The first-order valence-electron chi connectivity index (χ1n) is 7.32. The van der Waals surface area contributed by atoms with Gasteiger partial charge >= 0.3 is 11.9 Å². The fourth-order valence-electron chi connectivity index (χ4n) is 1.94. The van der Waals surface area contributed by atoms with Gasteiger partial charge in [-0.15, -0.1) is 0 Å². The van der Waals surface area contributed by atoms with Gasteiger partial charge in [0.05, 0.1) is 18.2 Å². The van der Waals surface area contributed by atoms with Crippen molar-refractivity contribution in [2.45, 2.75) is 6.92 Å². The maximum absolute atomic E-state index is 11.9. The fraction of sp³-hybridized carbons (Fsp3) is 0.167. The van der Waals surface area contributed by atoms with E-state index in [1.807, 2.05) is 6.92 Å². The summed E-state index contributed by atoms with van der Waals surface area (Å²) in [5, 5.41) is 3.11. The molecule has 25 heavy (non-hydrogen) atoms. The van der Waals surface area contributed by atoms with Crippen LogP contribution in [0.1, 0.15) is 26.3 Å². The molecule has 0 aliphatic carbocycles. The van der Waals surface area contributed by atoms with Crippen LogP contribution in [0.15, 0.2) is 42.5 Å². The van der Waals surface area contributed by atoms with Gasteiger partial charge in [-0.05, 0) is 48.9 Å². The Hall–Kier alpha value is -2.86. The minimum Gasteiger partial charge on any atom is -0.465 e. The Balaban J connectivity index is 1.89. The van der Waals surface area contributed by atoms with E-state index in [-0.39, 0.29) is 5.56 Å². The molecule has 0 aromatic heterocycles. The van der Waals surface area contributed by atoms with Crippen LogP contribution in [-0.2, 0) is 14.3 Å². The Morgan fingerprint density at radius 1 is 1.00 bits per heavy atom. The van der Waals surface area contributed by atoms with Gasteiger partial charge in [0, 0.05) is 10.7 Å². The molecule has 0 unspecified atom stereocenters. The number of carbonyl (C=O) groups excluding carboxylic acids is 3. The molecule has 0 fully saturated rings. The van der Waals surface area contributed by atoms with E-state index >= 15 is 0 Å². The molecular weight excluding hydrogens is 346 g/mol. The van der Waals surface area contributed by atoms with Crippen molar-refractivity contribution in [3.05, 3.63) is 64.2 Å². The van der Waals surface area contributed by atoms with Crippen LogP contribution < -0.4 is 5.32 Å². The average Bonchev–Trinajstić information content (AvgIpc) is 2.62. The molecule has 7 heteroatoms. The highest BCUT2D eigenvalue weighted by Gasteiger charge is 2.12. The molecule has 2 aromatic carbocycles. The summed E-state index contributed by atoms with van der Waals surface area (Å²) in [5.74, 6) is -1.66. The summed E-state index contributed by atoms with van der Waals surface area (Å²) >= 11 is 5.98. The van der Waals surface area contributed by atoms with E-state index < -0.39 is 24.5 Å². The first kappa shape index (κ1) is 18.5. The summed E-state index contributed by atoms with van der Waals surface area (Å²) in [4.78, 5) is 35.1. The minimum absolute atomic E-state index is 0.221. The molecule has 0 heterocycles. The first-order chi connectivity index (χ1) is 11.9. The van der Waals surface area contributed by atoms with Crippen molar-refractivity contribution >= 4 is 35.1 Å². The van der Waals surface area contributed by atoms with Crippen LogP contribution in [0.3, 0.4) is 0 Å². The molecule has 0 radical (unpaired) electrons. The third-order valence-corrected chi connectivity index (χ3v) is 3.74. The molecule has 0 bridgehead atoms. The minimum atomic E-state index is -0.673. The normalized spacial score (nSPS) is 10.0. The number of hydrogen-bond acceptors (Lipinski definition) is 5. The average molecular weight is 362 g/mol. The van der Waals surface area contributed by atoms with Gasteiger partial charge in [-0.2, -0.15) is 0 Å². The van der Waals surface area contributed by atoms with Gasteiger partial charge in [0.1, 0.15) is 0 Å². The van der Waals surface area contributed by atoms with Gasteiger partial charge in [-0.25, -0.2) is 9.59 Å². The van der Waals surface area contributed by atoms with Gasteiger partial charge in [-0.1, -0.05) is 17.7 Å². The van der Waals surface area contributed by atoms with Crippen LogP contribution >= 0.6 is 11.6 Å². The number of carbonyl (C=O) groups is 3. The Morgan fingerprint density at radius 3 is 2.16 bits per heavy atom. The number of halogens is 1. The second-order valence-corrected chi connectivity index (χ2v) is 5.56. The van der Waals surface area contributed by atoms with Crippen LogP contribution in [0.25, 0.3) is 0 Å². The number of hydrogen-bond donors (Lipinski definition) is 1. The second-order valence-electron chi connectivity index (χ2n) is 5.16. The van der Waals surface area contributed by atoms with E-state index in [9.17, 15) is 14.4 Å². The summed E-state index contributed by atoms with van der Waals surface area (Å²) in [7, 11) is 1.27. The number of amides is 1. The SMILES string of the molecule is COC(=O)c1ccc(C(=O)OCC(=O)Nc2ccc(C)c(Cl)c2)cc1. The summed E-state index contributed by atoms with van der Waals surface area (Å²) in [6, 6.07) is 10.8. The van der Waals surface area contributed by atoms with E-state index in [1.165, 1.54) is 31.4 Å². The molecular formula is C18H16ClNO5. The third kappa shape index (κ3) is 5.06. The number of esters is 2. The zero-order chi connectivity index (χ0) is 18.4. The lowest BCUT2D eigenvalue weighted by Gasteiger charge is -2.08. The summed E-state index contributed by atoms with van der Waals surface area (Å²) in [6.45, 7) is 1.41. The Labute approximate surface area is 149 Å². The standard InChI is InChI=1S/C18H16ClNO5/c1-11-3-8-14(9-15(11)19)20-16(21)10-25-18(23)13-6-4-12(5-7-13)17(22)24-2/h3-9H,10H2,1-2H3,(H,20,21). The van der Waals surface area contributed by atoms with Crippen LogP contribution in [0.4, 0.5) is 5.69 Å². The van der Waals surface area contributed by atoms with Gasteiger partial charge in [0.25, 0.3) is 5.91 Å². The molecule has 130 valence electrons. The van der Waals surface area contributed by atoms with Crippen LogP contribution in [-0.4, -0.2) is 31.6 Å². The number of methoxy groups -OCH3 is 1. The molecule has 1 N–H and O–H groups in total. The number of ether oxygens (including phenoxy) is 2. The van der Waals surface area contributed by atoms with Crippen molar-refractivity contribution < 1.29 is 23.9 Å². The van der Waals surface area contributed by atoms with Crippen LogP contribution in [0.5, 0.6) is 0 Å². The van der Waals surface area contributed by atoms with Crippen molar-refractivity contribution in [3.8, 4) is 0 Å². The summed E-state index contributed by atoms with van der Waals surface area (Å²) in [5.41, 5.74) is 1.94. The Bertz CT molecular complexity index is 802. The van der Waals surface area contributed by atoms with Crippen molar-refractivity contribution in [2.24, 2.45) is 0 Å². The molecule has 6 nitrogen and oxygen atoms in total. The van der Waals surface area contributed by atoms with Gasteiger partial charge in [0.15, 0.2) is 6.61 Å². The number of nitrogens with one attached hydrogen (secondary N) is 1. The third-order valence-electron chi connectivity index (χ3n) is 3.33. The Kier molecular flexibility index (Phi) is 6.14. The lowest BCUT2D eigenvalue weighted by molar-refractivity contribution is -0.119. The molecule has 0 aliphatic heterocycles. The van der Waals surface area contributed by atoms with Crippen LogP contribution in [0, 0.1) is 6.92 Å². The molecule has 2 rings (SSSR count). The number of benzene rings is 2. The molecule has 0 spiro atoms.